The Labute approximate surface area is 67.4 Å². The Kier molecular flexibility index (Phi) is 4.86. The fourth-order valence-electron chi connectivity index (χ4n) is 1.01. The van der Waals surface area contributed by atoms with Crippen molar-refractivity contribution in [2.75, 3.05) is 13.7 Å². The molecular weight excluding hydrogens is 144 g/mol. The van der Waals surface area contributed by atoms with Gasteiger partial charge in [-0.2, -0.15) is 0 Å². The summed E-state index contributed by atoms with van der Waals surface area (Å²) in [6.07, 6.45) is 0.684. The van der Waals surface area contributed by atoms with Crippen molar-refractivity contribution < 1.29 is 14.6 Å². The second kappa shape index (κ2) is 5.13. The lowest BCUT2D eigenvalue weighted by Gasteiger charge is -2.12. The fraction of sp³-hybridized carbons (Fsp3) is 0.875. The number of ether oxygens (including phenoxy) is 1. The Morgan fingerprint density at radius 2 is 2.09 bits per heavy atom. The summed E-state index contributed by atoms with van der Waals surface area (Å²) in [5.41, 5.74) is 0. The summed E-state index contributed by atoms with van der Waals surface area (Å²) in [5, 5.41) is 8.67. The standard InChI is InChI=1S/C8H16O3/c1-6(2)4-7(5-11-3)8(9)10/h6-7H,4-5H2,1-3H3,(H,9,10). The number of hydrogen-bond acceptors (Lipinski definition) is 2. The summed E-state index contributed by atoms with van der Waals surface area (Å²) in [6, 6.07) is 0. The topological polar surface area (TPSA) is 46.5 Å². The molecule has 0 aromatic carbocycles. The maximum absolute atomic E-state index is 10.5. The molecule has 1 N–H and O–H groups in total. The van der Waals surface area contributed by atoms with Gasteiger partial charge in [0.15, 0.2) is 0 Å². The molecule has 0 aliphatic heterocycles. The van der Waals surface area contributed by atoms with E-state index in [9.17, 15) is 4.79 Å². The average molecular weight is 160 g/mol. The molecule has 1 unspecified atom stereocenters. The summed E-state index contributed by atoms with van der Waals surface area (Å²) >= 11 is 0. The Bertz CT molecular complexity index is 121. The van der Waals surface area contributed by atoms with Crippen molar-refractivity contribution >= 4 is 5.97 Å². The molecule has 66 valence electrons. The van der Waals surface area contributed by atoms with Crippen LogP contribution in [0.4, 0.5) is 0 Å². The molecular formula is C8H16O3. The molecule has 0 bridgehead atoms. The van der Waals surface area contributed by atoms with E-state index in [2.05, 4.69) is 0 Å². The van der Waals surface area contributed by atoms with Crippen LogP contribution in [-0.4, -0.2) is 24.8 Å². The molecule has 0 radical (unpaired) electrons. The van der Waals surface area contributed by atoms with Gasteiger partial charge in [-0.05, 0) is 12.3 Å². The molecule has 0 saturated heterocycles. The first-order valence-corrected chi connectivity index (χ1v) is 3.79. The van der Waals surface area contributed by atoms with Gasteiger partial charge in [0.25, 0.3) is 0 Å². The zero-order valence-corrected chi connectivity index (χ0v) is 7.33. The predicted octanol–water partition coefficient (Wildman–Crippen LogP) is 1.38. The van der Waals surface area contributed by atoms with Crippen LogP contribution in [0.5, 0.6) is 0 Å². The lowest BCUT2D eigenvalue weighted by atomic mass is 9.98. The first-order valence-electron chi connectivity index (χ1n) is 3.79. The highest BCUT2D eigenvalue weighted by Crippen LogP contribution is 2.11. The zero-order valence-electron chi connectivity index (χ0n) is 7.33. The van der Waals surface area contributed by atoms with Gasteiger partial charge in [0, 0.05) is 7.11 Å². The van der Waals surface area contributed by atoms with Crippen molar-refractivity contribution in [1.82, 2.24) is 0 Å². The summed E-state index contributed by atoms with van der Waals surface area (Å²) < 4.78 is 4.79. The molecule has 0 heterocycles. The number of carboxylic acid groups (broad SMARTS) is 1. The van der Waals surface area contributed by atoms with E-state index in [-0.39, 0.29) is 5.92 Å². The van der Waals surface area contributed by atoms with Crippen LogP contribution in [0.15, 0.2) is 0 Å². The van der Waals surface area contributed by atoms with Crippen molar-refractivity contribution in [3.05, 3.63) is 0 Å². The van der Waals surface area contributed by atoms with E-state index in [0.717, 1.165) is 0 Å². The van der Waals surface area contributed by atoms with Crippen LogP contribution in [0, 0.1) is 11.8 Å². The predicted molar refractivity (Wildman–Crippen MR) is 42.5 cm³/mol. The van der Waals surface area contributed by atoms with E-state index in [0.29, 0.717) is 18.9 Å². The summed E-state index contributed by atoms with van der Waals surface area (Å²) in [4.78, 5) is 10.5. The van der Waals surface area contributed by atoms with E-state index in [4.69, 9.17) is 9.84 Å². The molecule has 0 aliphatic rings. The third-order valence-corrected chi connectivity index (χ3v) is 1.47. The highest BCUT2D eigenvalue weighted by Gasteiger charge is 2.17. The van der Waals surface area contributed by atoms with Crippen LogP contribution in [0.2, 0.25) is 0 Å². The quantitative estimate of drug-likeness (QED) is 0.661. The van der Waals surface area contributed by atoms with Gasteiger partial charge in [-0.15, -0.1) is 0 Å². The minimum atomic E-state index is -0.763. The summed E-state index contributed by atoms with van der Waals surface area (Å²) in [7, 11) is 1.52. The minimum absolute atomic E-state index is 0.313. The largest absolute Gasteiger partial charge is 0.481 e. The SMILES string of the molecule is COCC(CC(C)C)C(=O)O. The molecule has 0 saturated carbocycles. The van der Waals surface area contributed by atoms with Gasteiger partial charge in [0.05, 0.1) is 12.5 Å². The van der Waals surface area contributed by atoms with Crippen molar-refractivity contribution in [3.63, 3.8) is 0 Å². The molecule has 3 heteroatoms. The first kappa shape index (κ1) is 10.4. The molecule has 0 spiro atoms. The van der Waals surface area contributed by atoms with Crippen LogP contribution in [0.3, 0.4) is 0 Å². The van der Waals surface area contributed by atoms with Gasteiger partial charge in [-0.25, -0.2) is 0 Å². The van der Waals surface area contributed by atoms with Gasteiger partial charge in [0.2, 0.25) is 0 Å². The lowest BCUT2D eigenvalue weighted by molar-refractivity contribution is -0.144. The van der Waals surface area contributed by atoms with Gasteiger partial charge >= 0.3 is 5.97 Å². The van der Waals surface area contributed by atoms with Crippen molar-refractivity contribution in [3.8, 4) is 0 Å². The molecule has 0 amide bonds. The van der Waals surface area contributed by atoms with E-state index in [1.807, 2.05) is 13.8 Å². The molecule has 0 aliphatic carbocycles. The maximum Gasteiger partial charge on any atom is 0.308 e. The molecule has 11 heavy (non-hydrogen) atoms. The number of carboxylic acids is 1. The number of aliphatic carboxylic acids is 1. The first-order chi connectivity index (χ1) is 5.07. The van der Waals surface area contributed by atoms with Crippen molar-refractivity contribution in [2.24, 2.45) is 11.8 Å². The molecule has 1 atom stereocenters. The van der Waals surface area contributed by atoms with E-state index in [1.54, 1.807) is 0 Å². The molecule has 3 nitrogen and oxygen atoms in total. The molecule has 0 aromatic rings. The van der Waals surface area contributed by atoms with Crippen LogP contribution in [0.1, 0.15) is 20.3 Å². The molecule has 0 rings (SSSR count). The Balaban J connectivity index is 3.79. The molecule has 0 aromatic heterocycles. The Morgan fingerprint density at radius 3 is 2.36 bits per heavy atom. The monoisotopic (exact) mass is 160 g/mol. The van der Waals surface area contributed by atoms with Gasteiger partial charge in [-0.3, -0.25) is 4.79 Å². The number of hydrogen-bond donors (Lipinski definition) is 1. The Morgan fingerprint density at radius 1 is 1.55 bits per heavy atom. The summed E-state index contributed by atoms with van der Waals surface area (Å²) in [5.74, 6) is -0.702. The van der Waals surface area contributed by atoms with Gasteiger partial charge in [-0.1, -0.05) is 13.8 Å². The summed E-state index contributed by atoms with van der Waals surface area (Å²) in [6.45, 7) is 4.32. The second-order valence-electron chi connectivity index (χ2n) is 3.12. The smallest absolute Gasteiger partial charge is 0.308 e. The highest BCUT2D eigenvalue weighted by atomic mass is 16.5. The minimum Gasteiger partial charge on any atom is -0.481 e. The van der Waals surface area contributed by atoms with Crippen molar-refractivity contribution in [1.29, 1.82) is 0 Å². The highest BCUT2D eigenvalue weighted by molar-refractivity contribution is 5.70. The van der Waals surface area contributed by atoms with Gasteiger partial charge in [0.1, 0.15) is 0 Å². The van der Waals surface area contributed by atoms with E-state index in [1.165, 1.54) is 7.11 Å². The normalized spacial score (nSPS) is 13.5. The number of carbonyl (C=O) groups is 1. The maximum atomic E-state index is 10.5. The number of methoxy groups -OCH3 is 1. The van der Waals surface area contributed by atoms with Crippen molar-refractivity contribution in [2.45, 2.75) is 20.3 Å². The molecule has 0 fully saturated rings. The van der Waals surface area contributed by atoms with E-state index >= 15 is 0 Å². The van der Waals surface area contributed by atoms with Crippen LogP contribution in [0.25, 0.3) is 0 Å². The Hall–Kier alpha value is -0.570. The van der Waals surface area contributed by atoms with Crippen LogP contribution in [-0.2, 0) is 9.53 Å². The lowest BCUT2D eigenvalue weighted by Crippen LogP contribution is -2.20. The zero-order chi connectivity index (χ0) is 8.85. The van der Waals surface area contributed by atoms with Gasteiger partial charge < -0.3 is 9.84 Å². The fourth-order valence-corrected chi connectivity index (χ4v) is 1.01. The third kappa shape index (κ3) is 4.79. The van der Waals surface area contributed by atoms with Crippen LogP contribution < -0.4 is 0 Å². The average Bonchev–Trinajstić information content (AvgIpc) is 1.86. The number of rotatable bonds is 5. The van der Waals surface area contributed by atoms with E-state index < -0.39 is 5.97 Å². The second-order valence-corrected chi connectivity index (χ2v) is 3.12. The van der Waals surface area contributed by atoms with Crippen LogP contribution >= 0.6 is 0 Å². The third-order valence-electron chi connectivity index (χ3n) is 1.47.